The summed E-state index contributed by atoms with van der Waals surface area (Å²) in [5, 5.41) is 13.9. The summed E-state index contributed by atoms with van der Waals surface area (Å²) >= 11 is 0. The molecule has 3 aromatic rings. The molecule has 0 N–H and O–H groups in total. The van der Waals surface area contributed by atoms with Crippen LogP contribution in [0, 0.1) is 11.3 Å². The highest BCUT2D eigenvalue weighted by Gasteiger charge is 2.36. The summed E-state index contributed by atoms with van der Waals surface area (Å²) < 4.78 is 14.3. The Hall–Kier alpha value is -3.19. The zero-order valence-electron chi connectivity index (χ0n) is 22.8. The largest absolute Gasteiger partial charge is 0.376 e. The zero-order chi connectivity index (χ0) is 26.8. The van der Waals surface area contributed by atoms with Crippen LogP contribution in [0.25, 0.3) is 11.0 Å². The Labute approximate surface area is 224 Å². The SMILES string of the molecule is CC[C@H]1CN(C(C)c2ccc(COC3COC3)cc2)[C@H](CC)CN1c1cc(=O)n(C)c2cn(CC#N)nc12. The standard InChI is InChI=1S/C29H38N6O3/c1-5-23-15-35(26-13-28(36)32(4)27-16-33(12-11-30)31-29(26)27)24(6-2)14-34(23)20(3)22-9-7-21(8-10-22)17-38-25-18-37-19-25/h7-10,13,16,20,23-25H,5-6,12,14-15,17-19H2,1-4H3/t20?,23-,24+/m1/s1. The molecule has 2 fully saturated rings. The van der Waals surface area contributed by atoms with Crippen LogP contribution >= 0.6 is 0 Å². The van der Waals surface area contributed by atoms with Gasteiger partial charge in [0.05, 0.1) is 43.3 Å². The van der Waals surface area contributed by atoms with Gasteiger partial charge >= 0.3 is 0 Å². The second-order valence-corrected chi connectivity index (χ2v) is 10.5. The first kappa shape index (κ1) is 26.4. The smallest absolute Gasteiger partial charge is 0.252 e. The van der Waals surface area contributed by atoms with Gasteiger partial charge in [0.15, 0.2) is 0 Å². The lowest BCUT2D eigenvalue weighted by molar-refractivity contribution is -0.135. The zero-order valence-corrected chi connectivity index (χ0v) is 22.8. The fourth-order valence-corrected chi connectivity index (χ4v) is 5.67. The maximum Gasteiger partial charge on any atom is 0.252 e. The number of aryl methyl sites for hydroxylation is 1. The van der Waals surface area contributed by atoms with Gasteiger partial charge in [0.2, 0.25) is 0 Å². The number of ether oxygens (including phenoxy) is 2. The van der Waals surface area contributed by atoms with E-state index in [9.17, 15) is 10.1 Å². The summed E-state index contributed by atoms with van der Waals surface area (Å²) in [6.45, 7) is 10.6. The normalized spacial score (nSPS) is 21.4. The predicted molar refractivity (Wildman–Crippen MR) is 147 cm³/mol. The van der Waals surface area contributed by atoms with E-state index < -0.39 is 0 Å². The highest BCUT2D eigenvalue weighted by Crippen LogP contribution is 2.34. The van der Waals surface area contributed by atoms with Crippen LogP contribution in [-0.4, -0.2) is 63.7 Å². The average Bonchev–Trinajstić information content (AvgIpc) is 3.33. The molecule has 2 aliphatic heterocycles. The minimum atomic E-state index is -0.0587. The van der Waals surface area contributed by atoms with Crippen LogP contribution in [0.15, 0.2) is 41.3 Å². The van der Waals surface area contributed by atoms with Crippen LogP contribution in [0.4, 0.5) is 5.69 Å². The van der Waals surface area contributed by atoms with Crippen molar-refractivity contribution in [3.05, 3.63) is 58.0 Å². The van der Waals surface area contributed by atoms with Gasteiger partial charge in [-0.15, -0.1) is 0 Å². The molecule has 0 spiro atoms. The van der Waals surface area contributed by atoms with Gasteiger partial charge in [-0.2, -0.15) is 10.4 Å². The maximum absolute atomic E-state index is 12.9. The molecule has 38 heavy (non-hydrogen) atoms. The Morgan fingerprint density at radius 1 is 1.16 bits per heavy atom. The van der Waals surface area contributed by atoms with Crippen molar-refractivity contribution in [2.45, 2.75) is 71.0 Å². The molecule has 2 aromatic heterocycles. The van der Waals surface area contributed by atoms with Crippen molar-refractivity contribution in [3.8, 4) is 6.07 Å². The summed E-state index contributed by atoms with van der Waals surface area (Å²) in [6, 6.07) is 13.5. The van der Waals surface area contributed by atoms with E-state index in [0.29, 0.717) is 25.9 Å². The Morgan fingerprint density at radius 3 is 2.53 bits per heavy atom. The van der Waals surface area contributed by atoms with Crippen LogP contribution in [0.5, 0.6) is 0 Å². The van der Waals surface area contributed by atoms with E-state index in [1.165, 1.54) is 11.1 Å². The van der Waals surface area contributed by atoms with Crippen LogP contribution < -0.4 is 10.5 Å². The first-order valence-electron chi connectivity index (χ1n) is 13.7. The van der Waals surface area contributed by atoms with Crippen molar-refractivity contribution in [2.24, 2.45) is 7.05 Å². The second kappa shape index (κ2) is 11.3. The van der Waals surface area contributed by atoms with Crippen LogP contribution in [-0.2, 0) is 29.7 Å². The second-order valence-electron chi connectivity index (χ2n) is 10.5. The van der Waals surface area contributed by atoms with Gasteiger partial charge < -0.3 is 18.9 Å². The number of piperazine rings is 1. The number of benzene rings is 1. The quantitative estimate of drug-likeness (QED) is 0.428. The third kappa shape index (κ3) is 5.08. The third-order valence-corrected chi connectivity index (χ3v) is 8.21. The van der Waals surface area contributed by atoms with Gasteiger partial charge in [0.25, 0.3) is 5.56 Å². The van der Waals surface area contributed by atoms with Crippen molar-refractivity contribution in [2.75, 3.05) is 31.2 Å². The van der Waals surface area contributed by atoms with E-state index in [2.05, 4.69) is 60.9 Å². The first-order valence-corrected chi connectivity index (χ1v) is 13.7. The summed E-state index contributed by atoms with van der Waals surface area (Å²) in [7, 11) is 1.76. The minimum Gasteiger partial charge on any atom is -0.376 e. The fourth-order valence-electron chi connectivity index (χ4n) is 5.67. The summed E-state index contributed by atoms with van der Waals surface area (Å²) in [6.07, 6.45) is 3.99. The van der Waals surface area contributed by atoms with Gasteiger partial charge in [-0.25, -0.2) is 0 Å². The summed E-state index contributed by atoms with van der Waals surface area (Å²) in [5.41, 5.74) is 4.84. The number of aromatic nitrogens is 3. The maximum atomic E-state index is 12.9. The molecule has 2 aliphatic rings. The van der Waals surface area contributed by atoms with E-state index in [0.717, 1.165) is 42.7 Å². The number of nitriles is 1. The Kier molecular flexibility index (Phi) is 7.84. The lowest BCUT2D eigenvalue weighted by Gasteiger charge is -2.49. The van der Waals surface area contributed by atoms with Crippen molar-refractivity contribution >= 4 is 16.7 Å². The van der Waals surface area contributed by atoms with Crippen molar-refractivity contribution in [1.82, 2.24) is 19.2 Å². The molecular formula is C29H38N6O3. The minimum absolute atomic E-state index is 0.0587. The molecular weight excluding hydrogens is 480 g/mol. The molecule has 5 rings (SSSR count). The number of nitrogens with zero attached hydrogens (tertiary/aromatic N) is 6. The molecule has 9 heteroatoms. The molecule has 3 atom stereocenters. The Bertz CT molecular complexity index is 1350. The van der Waals surface area contributed by atoms with Gasteiger partial charge in [0, 0.05) is 44.3 Å². The average molecular weight is 519 g/mol. The summed E-state index contributed by atoms with van der Waals surface area (Å²) in [5.74, 6) is 0. The monoisotopic (exact) mass is 518 g/mol. The first-order chi connectivity index (χ1) is 18.4. The number of fused-ring (bicyclic) bond motifs is 1. The van der Waals surface area contributed by atoms with Gasteiger partial charge in [-0.05, 0) is 30.9 Å². The van der Waals surface area contributed by atoms with Crippen molar-refractivity contribution < 1.29 is 9.47 Å². The molecule has 2 saturated heterocycles. The number of anilines is 1. The predicted octanol–water partition coefficient (Wildman–Crippen LogP) is 3.61. The van der Waals surface area contributed by atoms with Gasteiger partial charge in [-0.1, -0.05) is 38.1 Å². The highest BCUT2D eigenvalue weighted by atomic mass is 16.6. The van der Waals surface area contributed by atoms with Crippen LogP contribution in [0.1, 0.15) is 50.8 Å². The molecule has 1 aromatic carbocycles. The van der Waals surface area contributed by atoms with E-state index in [-0.39, 0.29) is 30.3 Å². The molecule has 0 bridgehead atoms. The Morgan fingerprint density at radius 2 is 1.89 bits per heavy atom. The van der Waals surface area contributed by atoms with Crippen LogP contribution in [0.2, 0.25) is 0 Å². The molecule has 4 heterocycles. The van der Waals surface area contributed by atoms with Crippen molar-refractivity contribution in [1.29, 1.82) is 5.26 Å². The molecule has 9 nitrogen and oxygen atoms in total. The van der Waals surface area contributed by atoms with E-state index in [1.807, 2.05) is 0 Å². The molecule has 0 saturated carbocycles. The highest BCUT2D eigenvalue weighted by molar-refractivity contribution is 5.88. The van der Waals surface area contributed by atoms with E-state index in [1.54, 1.807) is 28.6 Å². The van der Waals surface area contributed by atoms with Crippen LogP contribution in [0.3, 0.4) is 0 Å². The van der Waals surface area contributed by atoms with Gasteiger partial charge in [0.1, 0.15) is 18.2 Å². The van der Waals surface area contributed by atoms with Gasteiger partial charge in [-0.3, -0.25) is 14.4 Å². The number of pyridine rings is 1. The summed E-state index contributed by atoms with van der Waals surface area (Å²) in [4.78, 5) is 17.9. The molecule has 0 radical (unpaired) electrons. The Balaban J connectivity index is 1.38. The molecule has 1 unspecified atom stereocenters. The van der Waals surface area contributed by atoms with E-state index in [4.69, 9.17) is 14.6 Å². The van der Waals surface area contributed by atoms with Crippen molar-refractivity contribution in [3.63, 3.8) is 0 Å². The van der Waals surface area contributed by atoms with E-state index >= 15 is 0 Å². The molecule has 0 amide bonds. The number of hydrogen-bond acceptors (Lipinski definition) is 7. The lowest BCUT2D eigenvalue weighted by Crippen LogP contribution is -2.58. The third-order valence-electron chi connectivity index (χ3n) is 8.21. The molecule has 202 valence electrons. The lowest BCUT2D eigenvalue weighted by atomic mass is 9.96. The molecule has 0 aliphatic carbocycles. The number of hydrogen-bond donors (Lipinski definition) is 0. The number of rotatable bonds is 9. The topological polar surface area (TPSA) is 88.5 Å². The fraction of sp³-hybridized carbons (Fsp3) is 0.552.